The van der Waals surface area contributed by atoms with E-state index in [-0.39, 0.29) is 6.04 Å². The Morgan fingerprint density at radius 1 is 1.75 bits per heavy atom. The van der Waals surface area contributed by atoms with Crippen LogP contribution in [-0.2, 0) is 4.79 Å². The molecule has 0 saturated heterocycles. The molecule has 0 bridgehead atoms. The molecule has 8 heavy (non-hydrogen) atoms. The lowest BCUT2D eigenvalue weighted by atomic mass is 10.3. The molecule has 48 valence electrons. The average molecular weight is 116 g/mol. The maximum absolute atomic E-state index is 9.89. The summed E-state index contributed by atoms with van der Waals surface area (Å²) in [5.41, 5.74) is 5.26. The van der Waals surface area contributed by atoms with Crippen LogP contribution in [0.2, 0.25) is 0 Å². The van der Waals surface area contributed by atoms with Crippen molar-refractivity contribution in [2.75, 3.05) is 20.6 Å². The number of carbonyl (C=O) groups excluding carboxylic acids is 1. The summed E-state index contributed by atoms with van der Waals surface area (Å²) in [6.07, 6.45) is 0.750. The van der Waals surface area contributed by atoms with Crippen molar-refractivity contribution in [2.45, 2.75) is 6.04 Å². The van der Waals surface area contributed by atoms with E-state index in [0.29, 0.717) is 6.54 Å². The van der Waals surface area contributed by atoms with E-state index >= 15 is 0 Å². The van der Waals surface area contributed by atoms with Gasteiger partial charge < -0.3 is 15.4 Å². The molecular formula is C5H12N2O. The van der Waals surface area contributed by atoms with Gasteiger partial charge in [0.05, 0.1) is 6.04 Å². The van der Waals surface area contributed by atoms with Crippen LogP contribution in [0.1, 0.15) is 0 Å². The normalized spacial score (nSPS) is 14.0. The average Bonchev–Trinajstić information content (AvgIpc) is 1.65. The molecule has 0 aliphatic carbocycles. The first kappa shape index (κ1) is 7.59. The van der Waals surface area contributed by atoms with Crippen molar-refractivity contribution >= 4 is 6.29 Å². The summed E-state index contributed by atoms with van der Waals surface area (Å²) >= 11 is 0. The highest BCUT2D eigenvalue weighted by molar-refractivity contribution is 5.57. The van der Waals surface area contributed by atoms with Gasteiger partial charge in [-0.3, -0.25) is 0 Å². The first-order valence-electron chi connectivity index (χ1n) is 2.52. The minimum Gasteiger partial charge on any atom is -0.321 e. The molecule has 0 saturated carbocycles. The fraction of sp³-hybridized carbons (Fsp3) is 0.800. The molecule has 0 spiro atoms. The standard InChI is InChI=1S/C5H12N2O/c1-7(2)3-5(6)4-8/h4-5H,3,6H2,1-2H3/t5-/m1/s1. The molecule has 0 aromatic rings. The van der Waals surface area contributed by atoms with Crippen LogP contribution in [0.25, 0.3) is 0 Å². The molecule has 0 unspecified atom stereocenters. The van der Waals surface area contributed by atoms with E-state index in [0.717, 1.165) is 6.29 Å². The number of likely N-dealkylation sites (N-methyl/N-ethyl adjacent to an activating group) is 1. The number of carbonyl (C=O) groups is 1. The maximum Gasteiger partial charge on any atom is 0.137 e. The molecule has 0 radical (unpaired) electrons. The van der Waals surface area contributed by atoms with Gasteiger partial charge in [0.15, 0.2) is 0 Å². The number of aldehydes is 1. The van der Waals surface area contributed by atoms with Crippen molar-refractivity contribution in [3.8, 4) is 0 Å². The summed E-state index contributed by atoms with van der Waals surface area (Å²) in [6, 6.07) is -0.329. The summed E-state index contributed by atoms with van der Waals surface area (Å²) in [4.78, 5) is 11.8. The minimum absolute atomic E-state index is 0.329. The van der Waals surface area contributed by atoms with Crippen LogP contribution in [0.4, 0.5) is 0 Å². The molecule has 0 aromatic heterocycles. The van der Waals surface area contributed by atoms with Crippen molar-refractivity contribution in [1.82, 2.24) is 4.90 Å². The summed E-state index contributed by atoms with van der Waals surface area (Å²) in [5.74, 6) is 0. The first-order chi connectivity index (χ1) is 3.66. The zero-order valence-corrected chi connectivity index (χ0v) is 5.29. The monoisotopic (exact) mass is 116 g/mol. The molecule has 0 aromatic carbocycles. The third-order valence-electron chi connectivity index (χ3n) is 0.751. The Morgan fingerprint density at radius 3 is 2.38 bits per heavy atom. The van der Waals surface area contributed by atoms with E-state index in [2.05, 4.69) is 0 Å². The first-order valence-corrected chi connectivity index (χ1v) is 2.52. The number of hydrogen-bond donors (Lipinski definition) is 1. The van der Waals surface area contributed by atoms with Crippen molar-refractivity contribution < 1.29 is 4.79 Å². The predicted octanol–water partition coefficient (Wildman–Crippen LogP) is -0.926. The molecule has 0 aliphatic rings. The van der Waals surface area contributed by atoms with Gasteiger partial charge in [-0.25, -0.2) is 0 Å². The third kappa shape index (κ3) is 3.77. The van der Waals surface area contributed by atoms with Gasteiger partial charge in [0.1, 0.15) is 6.29 Å². The zero-order valence-electron chi connectivity index (χ0n) is 5.29. The van der Waals surface area contributed by atoms with Crippen LogP contribution >= 0.6 is 0 Å². The quantitative estimate of drug-likeness (QED) is 0.485. The maximum atomic E-state index is 9.89. The Balaban J connectivity index is 3.23. The predicted molar refractivity (Wildman–Crippen MR) is 32.6 cm³/mol. The van der Waals surface area contributed by atoms with E-state index in [1.807, 2.05) is 19.0 Å². The van der Waals surface area contributed by atoms with Gasteiger partial charge in [-0.15, -0.1) is 0 Å². The van der Waals surface area contributed by atoms with E-state index in [4.69, 9.17) is 5.73 Å². The van der Waals surface area contributed by atoms with Gasteiger partial charge in [0.2, 0.25) is 0 Å². The third-order valence-corrected chi connectivity index (χ3v) is 0.751. The summed E-state index contributed by atoms with van der Waals surface area (Å²) in [6.45, 7) is 0.628. The number of nitrogens with two attached hydrogens (primary N) is 1. The van der Waals surface area contributed by atoms with Gasteiger partial charge in [0.25, 0.3) is 0 Å². The van der Waals surface area contributed by atoms with Gasteiger partial charge in [-0.1, -0.05) is 0 Å². The van der Waals surface area contributed by atoms with Gasteiger partial charge in [-0.05, 0) is 14.1 Å². The summed E-state index contributed by atoms with van der Waals surface area (Å²) in [5, 5.41) is 0. The molecule has 3 heteroatoms. The Morgan fingerprint density at radius 2 is 2.25 bits per heavy atom. The van der Waals surface area contributed by atoms with Crippen LogP contribution in [0.15, 0.2) is 0 Å². The van der Waals surface area contributed by atoms with Gasteiger partial charge in [0, 0.05) is 6.54 Å². The van der Waals surface area contributed by atoms with E-state index in [1.165, 1.54) is 0 Å². The lowest BCUT2D eigenvalue weighted by Crippen LogP contribution is -2.34. The Kier molecular flexibility index (Phi) is 3.39. The van der Waals surface area contributed by atoms with Crippen LogP contribution in [0, 0.1) is 0 Å². The Labute approximate surface area is 49.5 Å². The van der Waals surface area contributed by atoms with Gasteiger partial charge in [-0.2, -0.15) is 0 Å². The van der Waals surface area contributed by atoms with E-state index in [9.17, 15) is 4.79 Å². The molecule has 0 rings (SSSR count). The molecule has 0 amide bonds. The van der Waals surface area contributed by atoms with Crippen molar-refractivity contribution in [1.29, 1.82) is 0 Å². The lowest BCUT2D eigenvalue weighted by Gasteiger charge is -2.10. The molecule has 0 fully saturated rings. The molecule has 0 heterocycles. The Bertz CT molecular complexity index is 72.8. The number of hydrogen-bond acceptors (Lipinski definition) is 3. The number of nitrogens with zero attached hydrogens (tertiary/aromatic N) is 1. The molecule has 3 nitrogen and oxygen atoms in total. The molecule has 0 aliphatic heterocycles. The van der Waals surface area contributed by atoms with Crippen LogP contribution in [0.3, 0.4) is 0 Å². The minimum atomic E-state index is -0.329. The van der Waals surface area contributed by atoms with E-state index in [1.54, 1.807) is 0 Å². The van der Waals surface area contributed by atoms with Crippen molar-refractivity contribution in [2.24, 2.45) is 5.73 Å². The highest BCUT2D eigenvalue weighted by atomic mass is 16.1. The summed E-state index contributed by atoms with van der Waals surface area (Å²) in [7, 11) is 3.76. The molecule has 1 atom stereocenters. The smallest absolute Gasteiger partial charge is 0.137 e. The fourth-order valence-electron chi connectivity index (χ4n) is 0.465. The van der Waals surface area contributed by atoms with Crippen LogP contribution in [-0.4, -0.2) is 37.9 Å². The SMILES string of the molecule is CN(C)C[C@@H](N)C=O. The lowest BCUT2D eigenvalue weighted by molar-refractivity contribution is -0.109. The fourth-order valence-corrected chi connectivity index (χ4v) is 0.465. The largest absolute Gasteiger partial charge is 0.321 e. The van der Waals surface area contributed by atoms with Crippen molar-refractivity contribution in [3.05, 3.63) is 0 Å². The van der Waals surface area contributed by atoms with E-state index < -0.39 is 0 Å². The summed E-state index contributed by atoms with van der Waals surface area (Å²) < 4.78 is 0. The second kappa shape index (κ2) is 3.57. The topological polar surface area (TPSA) is 46.3 Å². The Hall–Kier alpha value is -0.410. The molecule has 2 N–H and O–H groups in total. The second-order valence-electron chi connectivity index (χ2n) is 2.06. The second-order valence-corrected chi connectivity index (χ2v) is 2.06. The van der Waals surface area contributed by atoms with Gasteiger partial charge >= 0.3 is 0 Å². The molecular weight excluding hydrogens is 104 g/mol. The number of rotatable bonds is 3. The van der Waals surface area contributed by atoms with Crippen LogP contribution in [0.5, 0.6) is 0 Å². The van der Waals surface area contributed by atoms with Crippen molar-refractivity contribution in [3.63, 3.8) is 0 Å². The van der Waals surface area contributed by atoms with Crippen LogP contribution < -0.4 is 5.73 Å². The highest BCUT2D eigenvalue weighted by Crippen LogP contribution is 1.75. The highest BCUT2D eigenvalue weighted by Gasteiger charge is 1.98. The zero-order chi connectivity index (χ0) is 6.57.